The van der Waals surface area contributed by atoms with E-state index in [1.165, 1.54) is 0 Å². The molecule has 3 rings (SSSR count). The number of carbonyl (C=O) groups is 2. The van der Waals surface area contributed by atoms with E-state index in [0.717, 1.165) is 14.5 Å². The Balaban J connectivity index is 2.12. The Hall–Kier alpha value is -2.18. The quantitative estimate of drug-likeness (QED) is 0.421. The van der Waals surface area contributed by atoms with Crippen molar-refractivity contribution >= 4 is 55.5 Å². The third-order valence-corrected chi connectivity index (χ3v) is 5.15. The normalized spacial score (nSPS) is 15.6. The zero-order valence-electron chi connectivity index (χ0n) is 14.8. The summed E-state index contributed by atoms with van der Waals surface area (Å²) in [7, 11) is 0. The first kappa shape index (κ1) is 19.6. The van der Waals surface area contributed by atoms with Gasteiger partial charge in [0.05, 0.1) is 17.8 Å². The molecule has 2 aromatic carbocycles. The number of ether oxygens (including phenoxy) is 1. The number of hydrogen-bond acceptors (Lipinski definition) is 3. The molecule has 2 aromatic rings. The topological polar surface area (TPSA) is 46.6 Å². The van der Waals surface area contributed by atoms with Crippen molar-refractivity contribution in [3.8, 4) is 0 Å². The van der Waals surface area contributed by atoms with Crippen LogP contribution in [0.2, 0.25) is 0 Å². The van der Waals surface area contributed by atoms with Gasteiger partial charge in [-0.3, -0.25) is 9.69 Å². The van der Waals surface area contributed by atoms with Crippen molar-refractivity contribution in [1.82, 2.24) is 0 Å². The largest absolute Gasteiger partial charge is 0.462 e. The monoisotopic (exact) mass is 489 g/mol. The molecular weight excluding hydrogens is 474 g/mol. The van der Waals surface area contributed by atoms with Crippen LogP contribution in [-0.4, -0.2) is 18.5 Å². The van der Waals surface area contributed by atoms with Crippen molar-refractivity contribution < 1.29 is 14.3 Å². The number of esters is 1. The summed E-state index contributed by atoms with van der Waals surface area (Å²) in [6, 6.07) is 14.9. The Labute approximate surface area is 174 Å². The van der Waals surface area contributed by atoms with Crippen LogP contribution in [0.15, 0.2) is 74.3 Å². The van der Waals surface area contributed by atoms with Gasteiger partial charge < -0.3 is 4.74 Å². The summed E-state index contributed by atoms with van der Waals surface area (Å²) in [4.78, 5) is 27.3. The molecule has 0 saturated carbocycles. The lowest BCUT2D eigenvalue weighted by molar-refractivity contribution is -0.138. The molecular formula is C21H17Br2NO3. The van der Waals surface area contributed by atoms with Gasteiger partial charge in [0, 0.05) is 20.3 Å². The van der Waals surface area contributed by atoms with Gasteiger partial charge in [0.25, 0.3) is 5.91 Å². The molecule has 0 fully saturated rings. The molecule has 0 bridgehead atoms. The molecule has 0 aliphatic carbocycles. The van der Waals surface area contributed by atoms with Gasteiger partial charge in [-0.25, -0.2) is 4.79 Å². The van der Waals surface area contributed by atoms with Crippen molar-refractivity contribution in [3.05, 3.63) is 79.9 Å². The van der Waals surface area contributed by atoms with Crippen LogP contribution < -0.4 is 4.90 Å². The fraction of sp³-hybridized carbons (Fsp3) is 0.143. The molecule has 0 saturated heterocycles. The van der Waals surface area contributed by atoms with Crippen LogP contribution in [0.25, 0.3) is 6.08 Å². The second-order valence-corrected chi connectivity index (χ2v) is 7.74. The van der Waals surface area contributed by atoms with Crippen molar-refractivity contribution in [2.24, 2.45) is 0 Å². The molecule has 0 atom stereocenters. The number of carbonyl (C=O) groups excluding carboxylic acids is 2. The van der Waals surface area contributed by atoms with Gasteiger partial charge >= 0.3 is 5.97 Å². The summed E-state index contributed by atoms with van der Waals surface area (Å²) in [6.07, 6.45) is 1.72. The molecule has 27 heavy (non-hydrogen) atoms. The molecule has 1 heterocycles. The molecule has 1 aliphatic rings. The Kier molecular flexibility index (Phi) is 5.97. The lowest BCUT2D eigenvalue weighted by atomic mass is 10.0. The number of nitrogens with zero attached hydrogens (tertiary/aromatic N) is 1. The average molecular weight is 491 g/mol. The minimum Gasteiger partial charge on any atom is -0.462 e. The molecule has 0 aromatic heterocycles. The maximum Gasteiger partial charge on any atom is 0.340 e. The van der Waals surface area contributed by atoms with Crippen molar-refractivity contribution in [2.45, 2.75) is 13.8 Å². The number of benzene rings is 2. The molecule has 138 valence electrons. The predicted molar refractivity (Wildman–Crippen MR) is 113 cm³/mol. The molecule has 4 nitrogen and oxygen atoms in total. The highest BCUT2D eigenvalue weighted by Crippen LogP contribution is 2.36. The highest BCUT2D eigenvalue weighted by molar-refractivity contribution is 9.10. The molecule has 0 unspecified atom stereocenters. The van der Waals surface area contributed by atoms with Gasteiger partial charge in [0.1, 0.15) is 0 Å². The summed E-state index contributed by atoms with van der Waals surface area (Å²) < 4.78 is 7.01. The summed E-state index contributed by atoms with van der Waals surface area (Å²) in [5.74, 6) is -0.748. The summed E-state index contributed by atoms with van der Waals surface area (Å²) in [6.45, 7) is 3.74. The van der Waals surface area contributed by atoms with Crippen LogP contribution in [-0.2, 0) is 14.3 Å². The van der Waals surface area contributed by atoms with Crippen LogP contribution in [0.5, 0.6) is 0 Å². The number of hydrogen-bond donors (Lipinski definition) is 0. The van der Waals surface area contributed by atoms with E-state index in [1.54, 1.807) is 24.8 Å². The number of amides is 1. The second-order valence-electron chi connectivity index (χ2n) is 5.91. The van der Waals surface area contributed by atoms with Crippen LogP contribution in [0.4, 0.5) is 5.69 Å². The maximum absolute atomic E-state index is 13.2. The van der Waals surface area contributed by atoms with E-state index in [9.17, 15) is 9.59 Å². The van der Waals surface area contributed by atoms with E-state index in [1.807, 2.05) is 48.5 Å². The average Bonchev–Trinajstić information content (AvgIpc) is 2.86. The molecule has 1 amide bonds. The predicted octanol–water partition coefficient (Wildman–Crippen LogP) is 5.48. The van der Waals surface area contributed by atoms with Gasteiger partial charge in [-0.2, -0.15) is 0 Å². The van der Waals surface area contributed by atoms with E-state index < -0.39 is 5.97 Å². The van der Waals surface area contributed by atoms with E-state index in [2.05, 4.69) is 31.9 Å². The maximum atomic E-state index is 13.2. The molecule has 0 spiro atoms. The lowest BCUT2D eigenvalue weighted by Crippen LogP contribution is -2.24. The first-order valence-electron chi connectivity index (χ1n) is 8.38. The summed E-state index contributed by atoms with van der Waals surface area (Å²) in [5, 5.41) is 0. The summed E-state index contributed by atoms with van der Waals surface area (Å²) >= 11 is 6.83. The van der Waals surface area contributed by atoms with E-state index >= 15 is 0 Å². The Morgan fingerprint density at radius 3 is 2.44 bits per heavy atom. The lowest BCUT2D eigenvalue weighted by Gasteiger charge is -2.18. The van der Waals surface area contributed by atoms with Crippen LogP contribution in [0.3, 0.4) is 0 Å². The molecule has 0 N–H and O–H groups in total. The number of anilines is 1. The minimum atomic E-state index is -0.496. The smallest absolute Gasteiger partial charge is 0.340 e. The third kappa shape index (κ3) is 4.06. The number of rotatable bonds is 4. The molecule has 0 radical (unpaired) electrons. The first-order chi connectivity index (χ1) is 12.9. The zero-order valence-corrected chi connectivity index (χ0v) is 18.0. The van der Waals surface area contributed by atoms with Crippen molar-refractivity contribution in [1.29, 1.82) is 0 Å². The van der Waals surface area contributed by atoms with Crippen LogP contribution in [0.1, 0.15) is 19.4 Å². The SMILES string of the molecule is CCOC(=O)C1=C(C)N(c2ccc(Br)cc2)C(=O)/C1=C\c1cccc(Br)c1. The standard InChI is InChI=1S/C21H17Br2NO3/c1-3-27-21(26)19-13(2)24(17-9-7-15(22)8-10-17)20(25)18(19)12-14-5-4-6-16(23)11-14/h4-12H,3H2,1-2H3/b18-12-. The van der Waals surface area contributed by atoms with Gasteiger partial charge in [-0.05, 0) is 61.9 Å². The van der Waals surface area contributed by atoms with E-state index in [0.29, 0.717) is 22.5 Å². The van der Waals surface area contributed by atoms with Gasteiger partial charge in [0.2, 0.25) is 0 Å². The Bertz CT molecular complexity index is 962. The fourth-order valence-electron chi connectivity index (χ4n) is 2.95. The molecule has 6 heteroatoms. The highest BCUT2D eigenvalue weighted by Gasteiger charge is 2.38. The molecule has 1 aliphatic heterocycles. The third-order valence-electron chi connectivity index (χ3n) is 4.12. The second kappa shape index (κ2) is 8.23. The van der Waals surface area contributed by atoms with Gasteiger partial charge in [-0.1, -0.05) is 44.0 Å². The van der Waals surface area contributed by atoms with Crippen LogP contribution in [0, 0.1) is 0 Å². The van der Waals surface area contributed by atoms with Gasteiger partial charge in [-0.15, -0.1) is 0 Å². The van der Waals surface area contributed by atoms with Crippen molar-refractivity contribution in [2.75, 3.05) is 11.5 Å². The van der Waals surface area contributed by atoms with E-state index in [-0.39, 0.29) is 12.5 Å². The Morgan fingerprint density at radius 1 is 1.11 bits per heavy atom. The Morgan fingerprint density at radius 2 is 1.81 bits per heavy atom. The first-order valence-corrected chi connectivity index (χ1v) is 9.96. The summed E-state index contributed by atoms with van der Waals surface area (Å²) in [5.41, 5.74) is 2.69. The number of halogens is 2. The number of allylic oxidation sites excluding steroid dienone is 1. The highest BCUT2D eigenvalue weighted by atomic mass is 79.9. The van der Waals surface area contributed by atoms with Crippen LogP contribution >= 0.6 is 31.9 Å². The minimum absolute atomic E-state index is 0.242. The van der Waals surface area contributed by atoms with Crippen molar-refractivity contribution in [3.63, 3.8) is 0 Å². The van der Waals surface area contributed by atoms with Gasteiger partial charge in [0.15, 0.2) is 0 Å². The van der Waals surface area contributed by atoms with E-state index in [4.69, 9.17) is 4.74 Å². The fourth-order valence-corrected chi connectivity index (χ4v) is 3.63. The zero-order chi connectivity index (χ0) is 19.6.